The Hall–Kier alpha value is -2.41. The Balaban J connectivity index is 1.96. The van der Waals surface area contributed by atoms with Gasteiger partial charge in [-0.25, -0.2) is 0 Å². The molecule has 0 aliphatic rings. The van der Waals surface area contributed by atoms with E-state index in [1.54, 1.807) is 0 Å². The van der Waals surface area contributed by atoms with Crippen molar-refractivity contribution in [3.63, 3.8) is 0 Å². The molecule has 0 heterocycles. The number of hydrogen-bond donors (Lipinski definition) is 1. The zero-order chi connectivity index (χ0) is 16.8. The van der Waals surface area contributed by atoms with Crippen LogP contribution >= 0.6 is 15.9 Å². The van der Waals surface area contributed by atoms with Crippen LogP contribution in [-0.4, -0.2) is 0 Å². The van der Waals surface area contributed by atoms with Gasteiger partial charge in [-0.1, -0.05) is 88.7 Å². The number of nitrogens with zero attached hydrogens (tertiary/aromatic N) is 1. The molecule has 0 aliphatic carbocycles. The van der Waals surface area contributed by atoms with Gasteiger partial charge in [-0.3, -0.25) is 5.32 Å². The first kappa shape index (κ1) is 16.4. The van der Waals surface area contributed by atoms with Crippen molar-refractivity contribution in [2.45, 2.75) is 12.1 Å². The molecule has 118 valence electrons. The molecule has 1 N–H and O–H groups in total. The zero-order valence-corrected chi connectivity index (χ0v) is 14.6. The minimum absolute atomic E-state index is 0.0453. The smallest absolute Gasteiger partial charge is 0.122 e. The van der Waals surface area contributed by atoms with E-state index < -0.39 is 6.04 Å². The molecule has 3 aromatic carbocycles. The third-order valence-electron chi connectivity index (χ3n) is 3.91. The highest BCUT2D eigenvalue weighted by Crippen LogP contribution is 2.26. The zero-order valence-electron chi connectivity index (χ0n) is 13.1. The molecule has 0 spiro atoms. The second-order valence-electron chi connectivity index (χ2n) is 5.54. The largest absolute Gasteiger partial charge is 0.287 e. The predicted octanol–water partition coefficient (Wildman–Crippen LogP) is 5.39. The Bertz CT molecular complexity index is 786. The number of hydrogen-bond acceptors (Lipinski definition) is 2. The third-order valence-corrected chi connectivity index (χ3v) is 4.40. The van der Waals surface area contributed by atoms with E-state index in [4.69, 9.17) is 0 Å². The van der Waals surface area contributed by atoms with Gasteiger partial charge in [-0.15, -0.1) is 0 Å². The maximum absolute atomic E-state index is 9.69. The lowest BCUT2D eigenvalue weighted by atomic mass is 9.96. The molecule has 3 rings (SSSR count). The lowest BCUT2D eigenvalue weighted by Gasteiger charge is -2.23. The molecule has 0 bridgehead atoms. The first-order valence-electron chi connectivity index (χ1n) is 7.79. The number of halogens is 1. The molecule has 0 radical (unpaired) electrons. The predicted molar refractivity (Wildman–Crippen MR) is 100 cm³/mol. The second-order valence-corrected chi connectivity index (χ2v) is 6.45. The van der Waals surface area contributed by atoms with Crippen LogP contribution in [-0.2, 0) is 0 Å². The summed E-state index contributed by atoms with van der Waals surface area (Å²) in [5.74, 6) is 0. The Morgan fingerprint density at radius 3 is 1.79 bits per heavy atom. The molecular formula is C21H17BrN2. The van der Waals surface area contributed by atoms with Crippen LogP contribution in [0.5, 0.6) is 0 Å². The SMILES string of the molecule is N#C[C@H](NC(c1ccccc1)c1ccccc1)c1cccc(Br)c1. The van der Waals surface area contributed by atoms with Crippen LogP contribution in [0.3, 0.4) is 0 Å². The van der Waals surface area contributed by atoms with E-state index in [1.165, 1.54) is 0 Å². The van der Waals surface area contributed by atoms with Crippen molar-refractivity contribution >= 4 is 15.9 Å². The van der Waals surface area contributed by atoms with Crippen LogP contribution < -0.4 is 5.32 Å². The van der Waals surface area contributed by atoms with Crippen LogP contribution in [0.2, 0.25) is 0 Å². The summed E-state index contributed by atoms with van der Waals surface area (Å²) < 4.78 is 0.970. The van der Waals surface area contributed by atoms with Gasteiger partial charge in [0.25, 0.3) is 0 Å². The van der Waals surface area contributed by atoms with Crippen molar-refractivity contribution in [1.82, 2.24) is 5.32 Å². The molecular weight excluding hydrogens is 360 g/mol. The molecule has 1 atom stereocenters. The summed E-state index contributed by atoms with van der Waals surface area (Å²) in [5, 5.41) is 13.2. The normalized spacial score (nSPS) is 11.9. The molecule has 0 unspecified atom stereocenters. The van der Waals surface area contributed by atoms with Crippen molar-refractivity contribution < 1.29 is 0 Å². The summed E-state index contributed by atoms with van der Waals surface area (Å²) >= 11 is 3.48. The van der Waals surface area contributed by atoms with Crippen molar-refractivity contribution in [2.24, 2.45) is 0 Å². The van der Waals surface area contributed by atoms with E-state index in [0.29, 0.717) is 0 Å². The molecule has 0 aliphatic heterocycles. The first-order valence-corrected chi connectivity index (χ1v) is 8.58. The third kappa shape index (κ3) is 3.91. The highest BCUT2D eigenvalue weighted by Gasteiger charge is 2.19. The van der Waals surface area contributed by atoms with Crippen LogP contribution in [0, 0.1) is 11.3 Å². The van der Waals surface area contributed by atoms with E-state index in [1.807, 2.05) is 60.7 Å². The lowest BCUT2D eigenvalue weighted by Crippen LogP contribution is -2.26. The van der Waals surface area contributed by atoms with Gasteiger partial charge in [0.05, 0.1) is 12.1 Å². The average Bonchev–Trinajstić information content (AvgIpc) is 2.64. The molecule has 3 heteroatoms. The topological polar surface area (TPSA) is 35.8 Å². The summed E-state index contributed by atoms with van der Waals surface area (Å²) in [5.41, 5.74) is 3.22. The first-order chi connectivity index (χ1) is 11.8. The molecule has 0 amide bonds. The Morgan fingerprint density at radius 1 is 0.750 bits per heavy atom. The number of nitrogens with one attached hydrogen (secondary N) is 1. The number of nitriles is 1. The van der Waals surface area contributed by atoms with Crippen molar-refractivity contribution in [3.05, 3.63) is 106 Å². The van der Waals surface area contributed by atoms with E-state index in [0.717, 1.165) is 21.2 Å². The molecule has 3 aromatic rings. The summed E-state index contributed by atoms with van der Waals surface area (Å²) in [4.78, 5) is 0. The van der Waals surface area contributed by atoms with Crippen LogP contribution in [0.1, 0.15) is 28.8 Å². The average molecular weight is 377 g/mol. The summed E-state index contributed by atoms with van der Waals surface area (Å²) in [6, 6.07) is 30.2. The monoisotopic (exact) mass is 376 g/mol. The maximum Gasteiger partial charge on any atom is 0.122 e. The maximum atomic E-state index is 9.69. The fourth-order valence-corrected chi connectivity index (χ4v) is 3.15. The fraction of sp³-hybridized carbons (Fsp3) is 0.0952. The molecule has 0 saturated carbocycles. The van der Waals surface area contributed by atoms with Crippen LogP contribution in [0.15, 0.2) is 89.4 Å². The van der Waals surface area contributed by atoms with Crippen LogP contribution in [0.4, 0.5) is 0 Å². The van der Waals surface area contributed by atoms with Crippen molar-refractivity contribution in [1.29, 1.82) is 5.26 Å². The van der Waals surface area contributed by atoms with Gasteiger partial charge in [0.2, 0.25) is 0 Å². The van der Waals surface area contributed by atoms with Gasteiger partial charge >= 0.3 is 0 Å². The minimum atomic E-state index is -0.395. The van der Waals surface area contributed by atoms with Gasteiger partial charge in [-0.2, -0.15) is 5.26 Å². The van der Waals surface area contributed by atoms with Crippen LogP contribution in [0.25, 0.3) is 0 Å². The van der Waals surface area contributed by atoms with Gasteiger partial charge in [0.15, 0.2) is 0 Å². The highest BCUT2D eigenvalue weighted by atomic mass is 79.9. The Kier molecular flexibility index (Phi) is 5.43. The van der Waals surface area contributed by atoms with E-state index in [9.17, 15) is 5.26 Å². The number of benzene rings is 3. The van der Waals surface area contributed by atoms with Crippen molar-refractivity contribution in [3.8, 4) is 6.07 Å². The summed E-state index contributed by atoms with van der Waals surface area (Å²) in [6.45, 7) is 0. The summed E-state index contributed by atoms with van der Waals surface area (Å²) in [6.07, 6.45) is 0. The Morgan fingerprint density at radius 2 is 1.29 bits per heavy atom. The van der Waals surface area contributed by atoms with E-state index >= 15 is 0 Å². The second kappa shape index (κ2) is 7.92. The molecule has 0 saturated heterocycles. The standard InChI is InChI=1S/C21H17BrN2/c22-19-13-7-12-18(14-19)20(15-23)24-21(16-8-3-1-4-9-16)17-10-5-2-6-11-17/h1-14,20-21,24H/t20-/m0/s1. The van der Waals surface area contributed by atoms with Gasteiger partial charge in [-0.05, 0) is 28.8 Å². The van der Waals surface area contributed by atoms with Crippen molar-refractivity contribution in [2.75, 3.05) is 0 Å². The van der Waals surface area contributed by atoms with Gasteiger partial charge in [0.1, 0.15) is 6.04 Å². The van der Waals surface area contributed by atoms with E-state index in [2.05, 4.69) is 51.6 Å². The van der Waals surface area contributed by atoms with Gasteiger partial charge in [0, 0.05) is 4.47 Å². The fourth-order valence-electron chi connectivity index (χ4n) is 2.74. The quantitative estimate of drug-likeness (QED) is 0.647. The molecule has 2 nitrogen and oxygen atoms in total. The van der Waals surface area contributed by atoms with Gasteiger partial charge < -0.3 is 0 Å². The molecule has 0 fully saturated rings. The Labute approximate surface area is 150 Å². The highest BCUT2D eigenvalue weighted by molar-refractivity contribution is 9.10. The van der Waals surface area contributed by atoms with E-state index in [-0.39, 0.29) is 6.04 Å². The number of rotatable bonds is 5. The minimum Gasteiger partial charge on any atom is -0.287 e. The lowest BCUT2D eigenvalue weighted by molar-refractivity contribution is 0.559. The molecule has 24 heavy (non-hydrogen) atoms. The summed E-state index contributed by atoms with van der Waals surface area (Å²) in [7, 11) is 0. The molecule has 0 aromatic heterocycles.